The number of nitrogens with zero attached hydrogens (tertiary/aromatic N) is 1. The molecule has 2 N–H and O–H groups in total. The lowest BCUT2D eigenvalue weighted by atomic mass is 9.64. The lowest BCUT2D eigenvalue weighted by Gasteiger charge is -2.36. The van der Waals surface area contributed by atoms with Gasteiger partial charge in [-0.15, -0.1) is 0 Å². The van der Waals surface area contributed by atoms with Crippen LogP contribution in [0.3, 0.4) is 0 Å². The Bertz CT molecular complexity index is 1430. The molecule has 6 nitrogen and oxygen atoms in total. The van der Waals surface area contributed by atoms with Crippen molar-refractivity contribution in [3.63, 3.8) is 0 Å². The van der Waals surface area contributed by atoms with E-state index in [-0.39, 0.29) is 39.0 Å². The predicted molar refractivity (Wildman–Crippen MR) is 162 cm³/mol. The fourth-order valence-corrected chi connectivity index (χ4v) is 5.80. The molecule has 4 atom stereocenters. The fourth-order valence-electron chi connectivity index (χ4n) is 5.47. The molecule has 1 aliphatic rings. The summed E-state index contributed by atoms with van der Waals surface area (Å²) < 4.78 is 33.9. The van der Waals surface area contributed by atoms with Gasteiger partial charge < -0.3 is 15.4 Å². The molecule has 1 aliphatic heterocycles. The lowest BCUT2D eigenvalue weighted by Crippen LogP contribution is -2.42. The van der Waals surface area contributed by atoms with E-state index in [1.807, 2.05) is 20.8 Å². The molecule has 0 aromatic heterocycles. The topological polar surface area (TPSA) is 91.2 Å². The molecule has 224 valence electrons. The minimum Gasteiger partial charge on any atom is -0.495 e. The Morgan fingerprint density at radius 2 is 1.98 bits per heavy atom. The fraction of sp³-hybridized carbons (Fsp3) is 0.406. The Hall–Kier alpha value is -3.25. The van der Waals surface area contributed by atoms with E-state index >= 15 is 4.39 Å². The number of anilines is 1. The van der Waals surface area contributed by atoms with Gasteiger partial charge in [-0.2, -0.15) is 5.26 Å². The summed E-state index contributed by atoms with van der Waals surface area (Å²) in [6.45, 7) is 6.70. The molecule has 1 fully saturated rings. The summed E-state index contributed by atoms with van der Waals surface area (Å²) in [5.41, 5.74) is -0.768. The number of ether oxygens (including phenoxy) is 1. The Labute approximate surface area is 255 Å². The molecule has 1 saturated heterocycles. The maximum absolute atomic E-state index is 15.7. The van der Waals surface area contributed by atoms with Crippen LogP contribution in [-0.2, 0) is 4.79 Å². The largest absolute Gasteiger partial charge is 0.495 e. The molecule has 0 saturated carbocycles. The average Bonchev–Trinajstić information content (AvgIpc) is 3.22. The highest BCUT2D eigenvalue weighted by Gasteiger charge is 2.58. The van der Waals surface area contributed by atoms with E-state index in [1.54, 1.807) is 24.3 Å². The van der Waals surface area contributed by atoms with Crippen molar-refractivity contribution < 1.29 is 23.1 Å². The third-order valence-electron chi connectivity index (χ3n) is 7.39. The second-order valence-corrected chi connectivity index (χ2v) is 12.4. The first-order valence-electron chi connectivity index (χ1n) is 13.5. The number of carbonyl (C=O) groups excluding carboxylic acids is 2. The van der Waals surface area contributed by atoms with Gasteiger partial charge in [0.25, 0.3) is 0 Å². The summed E-state index contributed by atoms with van der Waals surface area (Å²) in [6.07, 6.45) is 4.89. The number of benzene rings is 2. The zero-order valence-electron chi connectivity index (χ0n) is 24.2. The van der Waals surface area contributed by atoms with Crippen molar-refractivity contribution in [1.29, 1.82) is 5.26 Å². The van der Waals surface area contributed by atoms with Gasteiger partial charge in [0.2, 0.25) is 5.91 Å². The van der Waals surface area contributed by atoms with Crippen molar-refractivity contribution >= 4 is 40.6 Å². The first-order valence-corrected chi connectivity index (χ1v) is 14.2. The summed E-state index contributed by atoms with van der Waals surface area (Å²) >= 11 is 12.3. The predicted octanol–water partition coefficient (Wildman–Crippen LogP) is 7.74. The van der Waals surface area contributed by atoms with Crippen LogP contribution in [0.1, 0.15) is 62.4 Å². The Balaban J connectivity index is 2.18. The number of amides is 1. The van der Waals surface area contributed by atoms with E-state index in [4.69, 9.17) is 27.9 Å². The first-order chi connectivity index (χ1) is 19.8. The van der Waals surface area contributed by atoms with E-state index in [0.29, 0.717) is 17.7 Å². The van der Waals surface area contributed by atoms with Crippen LogP contribution in [0.2, 0.25) is 5.02 Å². The third kappa shape index (κ3) is 7.38. The van der Waals surface area contributed by atoms with Gasteiger partial charge in [-0.25, -0.2) is 8.78 Å². The molecule has 3 rings (SSSR count). The monoisotopic (exact) mass is 617 g/mol. The number of nitrogens with one attached hydrogen (secondary N) is 2. The lowest BCUT2D eigenvalue weighted by molar-refractivity contribution is -0.118. The van der Waals surface area contributed by atoms with Gasteiger partial charge in [0, 0.05) is 22.6 Å². The van der Waals surface area contributed by atoms with E-state index in [2.05, 4.69) is 16.7 Å². The van der Waals surface area contributed by atoms with E-state index in [9.17, 15) is 19.2 Å². The van der Waals surface area contributed by atoms with Gasteiger partial charge in [0.05, 0.1) is 35.3 Å². The Kier molecular flexibility index (Phi) is 10.9. The molecule has 1 amide bonds. The third-order valence-corrected chi connectivity index (χ3v) is 7.96. The van der Waals surface area contributed by atoms with Gasteiger partial charge in [-0.3, -0.25) is 9.59 Å². The highest BCUT2D eigenvalue weighted by atomic mass is 35.5. The quantitative estimate of drug-likeness (QED) is 0.210. The van der Waals surface area contributed by atoms with Crippen LogP contribution < -0.4 is 15.4 Å². The molecule has 0 bridgehead atoms. The molecule has 0 radical (unpaired) electrons. The molecule has 2 aromatic carbocycles. The van der Waals surface area contributed by atoms with E-state index in [1.165, 1.54) is 44.4 Å². The standard InChI is InChI=1S/C32H35Cl2F2N3O3/c1-19(40)20-11-12-24(25(16-20)42-5)38-30(41)29-27(22-9-6-10-23(34)28(22)36)32(18-37,14-7-8-21(33)13-15-35)26(39-29)17-31(2,3)4/h6-13,16,26-27,29,39H,14-15,17H2,1-5H3,(H,38,41). The molecule has 0 aliphatic carbocycles. The van der Waals surface area contributed by atoms with E-state index < -0.39 is 41.8 Å². The van der Waals surface area contributed by atoms with Crippen molar-refractivity contribution in [2.24, 2.45) is 10.8 Å². The molecular weight excluding hydrogens is 583 g/mol. The summed E-state index contributed by atoms with van der Waals surface area (Å²) in [7, 11) is 1.42. The maximum atomic E-state index is 15.7. The number of alkyl halides is 1. The number of rotatable bonds is 10. The molecule has 42 heavy (non-hydrogen) atoms. The van der Waals surface area contributed by atoms with Gasteiger partial charge in [-0.1, -0.05) is 62.2 Å². The van der Waals surface area contributed by atoms with Crippen LogP contribution in [-0.4, -0.2) is 37.6 Å². The number of nitriles is 1. The second kappa shape index (κ2) is 13.8. The van der Waals surface area contributed by atoms with Crippen molar-refractivity contribution in [2.45, 2.75) is 58.5 Å². The number of Topliss-reactive ketones (excluding diaryl/α,β-unsaturated/α-hetero) is 1. The van der Waals surface area contributed by atoms with Crippen LogP contribution >= 0.6 is 23.2 Å². The van der Waals surface area contributed by atoms with Gasteiger partial charge >= 0.3 is 0 Å². The van der Waals surface area contributed by atoms with Crippen LogP contribution in [0.25, 0.3) is 0 Å². The van der Waals surface area contributed by atoms with Crippen molar-refractivity contribution in [2.75, 3.05) is 19.1 Å². The maximum Gasteiger partial charge on any atom is 0.242 e. The molecule has 0 spiro atoms. The van der Waals surface area contributed by atoms with Gasteiger partial charge in [0.15, 0.2) is 5.78 Å². The van der Waals surface area contributed by atoms with Crippen LogP contribution in [0, 0.1) is 28.0 Å². The minimum atomic E-state index is -1.33. The zero-order chi connectivity index (χ0) is 31.2. The second-order valence-electron chi connectivity index (χ2n) is 11.5. The number of ketones is 1. The Morgan fingerprint density at radius 3 is 2.57 bits per heavy atom. The molecule has 1 heterocycles. The van der Waals surface area contributed by atoms with Crippen molar-refractivity contribution in [3.8, 4) is 11.8 Å². The number of allylic oxidation sites excluding steroid dienone is 4. The van der Waals surface area contributed by atoms with Gasteiger partial charge in [0.1, 0.15) is 18.2 Å². The van der Waals surface area contributed by atoms with Crippen LogP contribution in [0.15, 0.2) is 59.7 Å². The highest BCUT2D eigenvalue weighted by Crippen LogP contribution is 2.53. The molecule has 10 heteroatoms. The Morgan fingerprint density at radius 1 is 1.26 bits per heavy atom. The SMILES string of the molecule is COc1cc(C(C)=O)ccc1NC(=O)C1NC(CC(C)(C)C)C(C#N)(CC=CC(Cl)=CCF)C1c1cccc(Cl)c1F. The van der Waals surface area contributed by atoms with Crippen LogP contribution in [0.4, 0.5) is 14.5 Å². The summed E-state index contributed by atoms with van der Waals surface area (Å²) in [6, 6.07) is 9.98. The van der Waals surface area contributed by atoms with Crippen molar-refractivity contribution in [3.05, 3.63) is 81.6 Å². The first kappa shape index (κ1) is 33.3. The van der Waals surface area contributed by atoms with E-state index in [0.717, 1.165) is 0 Å². The number of hydrogen-bond donors (Lipinski definition) is 2. The highest BCUT2D eigenvalue weighted by molar-refractivity contribution is 6.31. The summed E-state index contributed by atoms with van der Waals surface area (Å²) in [5.74, 6) is -2.12. The summed E-state index contributed by atoms with van der Waals surface area (Å²) in [5, 5.41) is 17.1. The van der Waals surface area contributed by atoms with Crippen molar-refractivity contribution in [1.82, 2.24) is 5.32 Å². The number of methoxy groups -OCH3 is 1. The molecular formula is C32H35Cl2F2N3O3. The zero-order valence-corrected chi connectivity index (χ0v) is 25.7. The number of hydrogen-bond acceptors (Lipinski definition) is 5. The average molecular weight is 619 g/mol. The smallest absolute Gasteiger partial charge is 0.242 e. The minimum absolute atomic E-state index is 0.0879. The molecule has 4 unspecified atom stereocenters. The normalized spacial score (nSPS) is 22.7. The van der Waals surface area contributed by atoms with Crippen LogP contribution in [0.5, 0.6) is 5.75 Å². The molecule has 2 aromatic rings. The number of halogens is 4. The summed E-state index contributed by atoms with van der Waals surface area (Å²) in [4.78, 5) is 25.9. The number of carbonyl (C=O) groups is 2. The van der Waals surface area contributed by atoms with Gasteiger partial charge in [-0.05, 0) is 67.2 Å².